The molecule has 0 aliphatic carbocycles. The van der Waals surface area contributed by atoms with Crippen LogP contribution < -0.4 is 16.6 Å². The van der Waals surface area contributed by atoms with E-state index in [-0.39, 0.29) is 22.0 Å². The fourth-order valence-corrected chi connectivity index (χ4v) is 3.36. The number of hydrogen-bond donors (Lipinski definition) is 1. The van der Waals surface area contributed by atoms with Crippen LogP contribution >= 0.6 is 11.6 Å². The standard InChI is InChI=1S/C21H21ClFN3O3/c1-4-9-24-19(27)13(3)25-18-8-5-12(2)10-15(18)20(28)26(21(25)29)14-6-7-17(23)16(22)11-14/h5-8,10-11,13H,4,9H2,1-3H3,(H,24,27)/t13-/m0/s1. The third-order valence-corrected chi connectivity index (χ3v) is 5.01. The summed E-state index contributed by atoms with van der Waals surface area (Å²) in [4.78, 5) is 39.0. The van der Waals surface area contributed by atoms with Crippen molar-refractivity contribution in [1.29, 1.82) is 0 Å². The molecule has 152 valence electrons. The van der Waals surface area contributed by atoms with E-state index in [2.05, 4.69) is 5.32 Å². The number of hydrogen-bond acceptors (Lipinski definition) is 3. The van der Waals surface area contributed by atoms with Gasteiger partial charge in [-0.15, -0.1) is 0 Å². The Morgan fingerprint density at radius 3 is 2.59 bits per heavy atom. The number of nitrogens with one attached hydrogen (secondary N) is 1. The molecule has 1 heterocycles. The molecule has 0 bridgehead atoms. The first-order chi connectivity index (χ1) is 13.8. The van der Waals surface area contributed by atoms with Crippen LogP contribution in [0.1, 0.15) is 31.9 Å². The van der Waals surface area contributed by atoms with Gasteiger partial charge in [0.05, 0.1) is 21.6 Å². The minimum absolute atomic E-state index is 0.129. The van der Waals surface area contributed by atoms with Gasteiger partial charge in [-0.2, -0.15) is 0 Å². The number of fused-ring (bicyclic) bond motifs is 1. The largest absolute Gasteiger partial charge is 0.354 e. The number of aromatic nitrogens is 2. The molecule has 0 aliphatic heterocycles. The van der Waals surface area contributed by atoms with Gasteiger partial charge in [-0.3, -0.25) is 14.2 Å². The molecule has 0 spiro atoms. The molecule has 6 nitrogen and oxygen atoms in total. The molecule has 0 aliphatic rings. The Morgan fingerprint density at radius 2 is 1.93 bits per heavy atom. The lowest BCUT2D eigenvalue weighted by atomic mass is 10.1. The second kappa shape index (κ2) is 8.21. The van der Waals surface area contributed by atoms with Gasteiger partial charge in [0.25, 0.3) is 5.56 Å². The zero-order chi connectivity index (χ0) is 21.3. The summed E-state index contributed by atoms with van der Waals surface area (Å²) in [5.41, 5.74) is 0.0486. The summed E-state index contributed by atoms with van der Waals surface area (Å²) in [5, 5.41) is 2.84. The molecule has 3 aromatic rings. The van der Waals surface area contributed by atoms with Crippen LogP contribution in [-0.2, 0) is 4.79 Å². The van der Waals surface area contributed by atoms with Crippen molar-refractivity contribution in [3.05, 3.63) is 73.6 Å². The monoisotopic (exact) mass is 417 g/mol. The predicted octanol–water partition coefficient (Wildman–Crippen LogP) is 3.34. The minimum atomic E-state index is -0.859. The smallest absolute Gasteiger partial charge is 0.336 e. The highest BCUT2D eigenvalue weighted by Gasteiger charge is 2.23. The molecule has 0 saturated heterocycles. The van der Waals surface area contributed by atoms with Crippen molar-refractivity contribution < 1.29 is 9.18 Å². The number of carbonyl (C=O) groups is 1. The maximum Gasteiger partial charge on any atom is 0.336 e. The average Bonchev–Trinajstić information content (AvgIpc) is 2.69. The SMILES string of the molecule is CCCNC(=O)[C@H](C)n1c(=O)n(-c2ccc(F)c(Cl)c2)c(=O)c2cc(C)ccc21. The van der Waals surface area contributed by atoms with E-state index >= 15 is 0 Å². The van der Waals surface area contributed by atoms with E-state index in [0.29, 0.717) is 12.1 Å². The molecule has 29 heavy (non-hydrogen) atoms. The Bertz CT molecular complexity index is 1220. The van der Waals surface area contributed by atoms with Gasteiger partial charge in [0.2, 0.25) is 5.91 Å². The van der Waals surface area contributed by atoms with Crippen molar-refractivity contribution in [3.63, 3.8) is 0 Å². The van der Waals surface area contributed by atoms with Crippen LogP contribution in [0.15, 0.2) is 46.0 Å². The lowest BCUT2D eigenvalue weighted by molar-refractivity contribution is -0.123. The first-order valence-corrected chi connectivity index (χ1v) is 9.65. The first kappa shape index (κ1) is 20.8. The normalized spacial score (nSPS) is 12.2. The van der Waals surface area contributed by atoms with Crippen LogP contribution in [0.4, 0.5) is 4.39 Å². The van der Waals surface area contributed by atoms with Crippen LogP contribution in [0.25, 0.3) is 16.6 Å². The second-order valence-electron chi connectivity index (χ2n) is 6.88. The Balaban J connectivity index is 2.36. The molecule has 0 fully saturated rings. The number of aryl methyl sites for hydroxylation is 1. The molecule has 1 atom stereocenters. The summed E-state index contributed by atoms with van der Waals surface area (Å²) in [7, 11) is 0. The van der Waals surface area contributed by atoms with Gasteiger partial charge < -0.3 is 5.32 Å². The first-order valence-electron chi connectivity index (χ1n) is 9.27. The molecular weight excluding hydrogens is 397 g/mol. The fraction of sp³-hybridized carbons (Fsp3) is 0.286. The molecule has 2 aromatic carbocycles. The van der Waals surface area contributed by atoms with Crippen molar-refractivity contribution in [2.45, 2.75) is 33.2 Å². The molecule has 3 rings (SSSR count). The van der Waals surface area contributed by atoms with E-state index in [0.717, 1.165) is 22.6 Å². The molecular formula is C21H21ClFN3O3. The molecule has 0 saturated carbocycles. The highest BCUT2D eigenvalue weighted by molar-refractivity contribution is 6.30. The van der Waals surface area contributed by atoms with Gasteiger partial charge in [-0.1, -0.05) is 30.2 Å². The summed E-state index contributed by atoms with van der Waals surface area (Å²) in [6.07, 6.45) is 0.751. The van der Waals surface area contributed by atoms with Crippen LogP contribution in [0.3, 0.4) is 0 Å². The highest BCUT2D eigenvalue weighted by Crippen LogP contribution is 2.20. The number of carbonyl (C=O) groups excluding carboxylic acids is 1. The van der Waals surface area contributed by atoms with Crippen molar-refractivity contribution in [2.75, 3.05) is 6.54 Å². The van der Waals surface area contributed by atoms with E-state index in [4.69, 9.17) is 11.6 Å². The van der Waals surface area contributed by atoms with Crippen LogP contribution in [0.2, 0.25) is 5.02 Å². The number of rotatable bonds is 5. The summed E-state index contributed by atoms with van der Waals surface area (Å²) in [5.74, 6) is -0.995. The van der Waals surface area contributed by atoms with Crippen LogP contribution in [0.5, 0.6) is 0 Å². The predicted molar refractivity (Wildman–Crippen MR) is 112 cm³/mol. The van der Waals surface area contributed by atoms with Gasteiger partial charge in [0.15, 0.2) is 0 Å². The van der Waals surface area contributed by atoms with Crippen molar-refractivity contribution in [1.82, 2.24) is 14.5 Å². The Hall–Kier alpha value is -2.93. The van der Waals surface area contributed by atoms with Crippen molar-refractivity contribution >= 4 is 28.4 Å². The van der Waals surface area contributed by atoms with E-state index in [9.17, 15) is 18.8 Å². The van der Waals surface area contributed by atoms with Gasteiger partial charge in [-0.05, 0) is 50.6 Å². The highest BCUT2D eigenvalue weighted by atomic mass is 35.5. The van der Waals surface area contributed by atoms with E-state index in [1.54, 1.807) is 25.1 Å². The third-order valence-electron chi connectivity index (χ3n) is 4.72. The molecule has 1 N–H and O–H groups in total. The summed E-state index contributed by atoms with van der Waals surface area (Å²) in [6, 6.07) is 7.83. The number of halogens is 2. The van der Waals surface area contributed by atoms with E-state index in [1.807, 2.05) is 13.8 Å². The van der Waals surface area contributed by atoms with E-state index < -0.39 is 23.1 Å². The van der Waals surface area contributed by atoms with Crippen molar-refractivity contribution in [2.24, 2.45) is 0 Å². The summed E-state index contributed by atoms with van der Waals surface area (Å²) in [6.45, 7) is 5.82. The second-order valence-corrected chi connectivity index (χ2v) is 7.29. The summed E-state index contributed by atoms with van der Waals surface area (Å²) >= 11 is 5.86. The zero-order valence-corrected chi connectivity index (χ0v) is 17.1. The van der Waals surface area contributed by atoms with Gasteiger partial charge in [-0.25, -0.2) is 13.8 Å². The van der Waals surface area contributed by atoms with Gasteiger partial charge in [0, 0.05) is 6.54 Å². The fourth-order valence-electron chi connectivity index (χ4n) is 3.19. The van der Waals surface area contributed by atoms with Crippen LogP contribution in [0, 0.1) is 12.7 Å². The lowest BCUT2D eigenvalue weighted by Gasteiger charge is -2.20. The molecule has 1 aromatic heterocycles. The Labute approximate surface area is 171 Å². The van der Waals surface area contributed by atoms with Crippen LogP contribution in [-0.4, -0.2) is 21.6 Å². The zero-order valence-electron chi connectivity index (χ0n) is 16.3. The number of amides is 1. The summed E-state index contributed by atoms with van der Waals surface area (Å²) < 4.78 is 15.8. The van der Waals surface area contributed by atoms with E-state index in [1.165, 1.54) is 16.7 Å². The van der Waals surface area contributed by atoms with Gasteiger partial charge >= 0.3 is 5.69 Å². The molecule has 8 heteroatoms. The number of benzene rings is 2. The number of nitrogens with zero attached hydrogens (tertiary/aromatic N) is 2. The Kier molecular flexibility index (Phi) is 5.88. The maximum atomic E-state index is 13.6. The minimum Gasteiger partial charge on any atom is -0.354 e. The molecule has 1 amide bonds. The van der Waals surface area contributed by atoms with Gasteiger partial charge in [0.1, 0.15) is 11.9 Å². The van der Waals surface area contributed by atoms with Crippen molar-refractivity contribution in [3.8, 4) is 5.69 Å². The third kappa shape index (κ3) is 3.82. The molecule has 0 radical (unpaired) electrons. The maximum absolute atomic E-state index is 13.6. The Morgan fingerprint density at radius 1 is 1.21 bits per heavy atom. The topological polar surface area (TPSA) is 73.1 Å². The lowest BCUT2D eigenvalue weighted by Crippen LogP contribution is -2.43. The molecule has 0 unspecified atom stereocenters. The quantitative estimate of drug-likeness (QED) is 0.692. The average molecular weight is 418 g/mol.